The maximum absolute atomic E-state index is 13.4. The molecule has 1 N–H and O–H groups in total. The third-order valence-corrected chi connectivity index (χ3v) is 6.26. The number of alkyl halides is 6. The van der Waals surface area contributed by atoms with Crippen LogP contribution in [-0.4, -0.2) is 30.9 Å². The zero-order valence-electron chi connectivity index (χ0n) is 19.6. The average Bonchev–Trinajstić information content (AvgIpc) is 2.77. The second-order valence-corrected chi connectivity index (χ2v) is 9.10. The monoisotopic (exact) mass is 522 g/mol. The average molecular weight is 523 g/mol. The van der Waals surface area contributed by atoms with E-state index in [0.717, 1.165) is 11.1 Å². The molecule has 0 aromatic heterocycles. The van der Waals surface area contributed by atoms with Crippen molar-refractivity contribution in [3.8, 4) is 0 Å². The number of nitrogens with zero attached hydrogens (tertiary/aromatic N) is 1. The van der Waals surface area contributed by atoms with Crippen LogP contribution in [0.1, 0.15) is 59.9 Å². The van der Waals surface area contributed by atoms with Gasteiger partial charge in [-0.3, -0.25) is 4.79 Å². The van der Waals surface area contributed by atoms with E-state index >= 15 is 0 Å². The van der Waals surface area contributed by atoms with Crippen LogP contribution < -0.4 is 5.32 Å². The summed E-state index contributed by atoms with van der Waals surface area (Å²) < 4.78 is 79.3. The van der Waals surface area contributed by atoms with Crippen LogP contribution in [0.5, 0.6) is 0 Å². The summed E-state index contributed by atoms with van der Waals surface area (Å²) in [7, 11) is 1.42. The molecule has 3 rings (SSSR count). The fourth-order valence-electron chi connectivity index (χ4n) is 4.60. The zero-order valence-corrected chi connectivity index (χ0v) is 20.4. The van der Waals surface area contributed by atoms with E-state index in [1.54, 1.807) is 0 Å². The van der Waals surface area contributed by atoms with E-state index in [0.29, 0.717) is 31.6 Å². The fourth-order valence-corrected chi connectivity index (χ4v) is 4.60. The topological polar surface area (TPSA) is 32.3 Å². The lowest BCUT2D eigenvalue weighted by molar-refractivity contribution is -0.143. The highest BCUT2D eigenvalue weighted by molar-refractivity contribution is 5.85. The first-order valence-corrected chi connectivity index (χ1v) is 11.1. The molecule has 1 amide bonds. The summed E-state index contributed by atoms with van der Waals surface area (Å²) in [5.74, 6) is -0.637. The van der Waals surface area contributed by atoms with E-state index in [4.69, 9.17) is 0 Å². The smallest absolute Gasteiger partial charge is 0.341 e. The first-order chi connectivity index (χ1) is 15.8. The van der Waals surface area contributed by atoms with Gasteiger partial charge in [0.15, 0.2) is 0 Å². The van der Waals surface area contributed by atoms with Gasteiger partial charge in [-0.2, -0.15) is 26.3 Å². The predicted molar refractivity (Wildman–Crippen MR) is 124 cm³/mol. The first-order valence-electron chi connectivity index (χ1n) is 11.1. The molecular weight excluding hydrogens is 494 g/mol. The van der Waals surface area contributed by atoms with Gasteiger partial charge in [-0.1, -0.05) is 38.1 Å². The Morgan fingerprint density at radius 3 is 2.14 bits per heavy atom. The van der Waals surface area contributed by atoms with Crippen molar-refractivity contribution < 1.29 is 31.1 Å². The Kier molecular flexibility index (Phi) is 9.27. The van der Waals surface area contributed by atoms with Gasteiger partial charge < -0.3 is 10.2 Å². The molecule has 0 spiro atoms. The van der Waals surface area contributed by atoms with Gasteiger partial charge >= 0.3 is 12.4 Å². The molecule has 0 unspecified atom stereocenters. The molecule has 3 nitrogen and oxygen atoms in total. The van der Waals surface area contributed by atoms with Crippen LogP contribution in [0.4, 0.5) is 26.3 Å². The van der Waals surface area contributed by atoms with Crippen molar-refractivity contribution in [2.45, 2.75) is 51.0 Å². The van der Waals surface area contributed by atoms with Gasteiger partial charge in [0.05, 0.1) is 11.1 Å². The van der Waals surface area contributed by atoms with Crippen molar-refractivity contribution in [2.75, 3.05) is 20.1 Å². The van der Waals surface area contributed by atoms with Crippen molar-refractivity contribution in [1.82, 2.24) is 10.2 Å². The molecule has 1 fully saturated rings. The van der Waals surface area contributed by atoms with E-state index in [9.17, 15) is 31.1 Å². The van der Waals surface area contributed by atoms with Gasteiger partial charge in [-0.25, -0.2) is 0 Å². The third-order valence-electron chi connectivity index (χ3n) is 6.26. The van der Waals surface area contributed by atoms with Crippen LogP contribution >= 0.6 is 12.4 Å². The van der Waals surface area contributed by atoms with E-state index < -0.39 is 29.4 Å². The molecule has 0 aliphatic carbocycles. The standard InChI is InChI=1S/C25H28F6N2O.ClH/c1-15(2)19-6-4-5-7-20(19)22-13-32-9-8-21(22)23(34)33(3)14-16-10-17(24(26,27)28)12-18(11-16)25(29,30)31;/h4-7,10-12,15,21-22,32H,8-9,13-14H2,1-3H3;1H/t21-,22+;/m1./s1. The van der Waals surface area contributed by atoms with Crippen LogP contribution in [0.2, 0.25) is 0 Å². The van der Waals surface area contributed by atoms with Crippen LogP contribution in [0, 0.1) is 5.92 Å². The van der Waals surface area contributed by atoms with Gasteiger partial charge in [0, 0.05) is 32.0 Å². The summed E-state index contributed by atoms with van der Waals surface area (Å²) in [5, 5.41) is 3.30. The van der Waals surface area contributed by atoms with Gasteiger partial charge in [0.25, 0.3) is 0 Å². The Morgan fingerprint density at radius 1 is 1.03 bits per heavy atom. The second-order valence-electron chi connectivity index (χ2n) is 9.10. The molecule has 2 aromatic rings. The summed E-state index contributed by atoms with van der Waals surface area (Å²) in [5.41, 5.74) is -0.835. The maximum atomic E-state index is 13.4. The molecule has 0 radical (unpaired) electrons. The molecule has 1 heterocycles. The van der Waals surface area contributed by atoms with Crippen molar-refractivity contribution in [2.24, 2.45) is 5.92 Å². The number of amides is 1. The van der Waals surface area contributed by atoms with Crippen LogP contribution in [0.25, 0.3) is 0 Å². The summed E-state index contributed by atoms with van der Waals surface area (Å²) in [4.78, 5) is 14.6. The van der Waals surface area contributed by atoms with Crippen LogP contribution in [0.3, 0.4) is 0 Å². The maximum Gasteiger partial charge on any atom is 0.416 e. The SMILES string of the molecule is CC(C)c1ccccc1[C@@H]1CNCC[C@H]1C(=O)N(C)Cc1cc(C(F)(F)F)cc(C(F)(F)F)c1.Cl. The molecule has 2 atom stereocenters. The molecule has 1 saturated heterocycles. The predicted octanol–water partition coefficient (Wildman–Crippen LogP) is 6.62. The highest BCUT2D eigenvalue weighted by Gasteiger charge is 2.38. The van der Waals surface area contributed by atoms with Crippen molar-refractivity contribution in [3.63, 3.8) is 0 Å². The number of carbonyl (C=O) groups excluding carboxylic acids is 1. The highest BCUT2D eigenvalue weighted by Crippen LogP contribution is 2.38. The molecular formula is C25H29ClF6N2O. The molecule has 10 heteroatoms. The van der Waals surface area contributed by atoms with Crippen molar-refractivity contribution >= 4 is 18.3 Å². The Morgan fingerprint density at radius 2 is 1.60 bits per heavy atom. The fraction of sp³-hybridized carbons (Fsp3) is 0.480. The number of halogens is 7. The normalized spacial score (nSPS) is 18.8. The van der Waals surface area contributed by atoms with Crippen molar-refractivity contribution in [3.05, 3.63) is 70.3 Å². The molecule has 35 heavy (non-hydrogen) atoms. The minimum absolute atomic E-state index is 0. The number of benzene rings is 2. The molecule has 1 aliphatic heterocycles. The number of hydrogen-bond acceptors (Lipinski definition) is 2. The van der Waals surface area contributed by atoms with E-state index in [1.165, 1.54) is 11.9 Å². The van der Waals surface area contributed by atoms with Crippen LogP contribution in [0.15, 0.2) is 42.5 Å². The minimum atomic E-state index is -4.93. The molecule has 194 valence electrons. The zero-order chi connectivity index (χ0) is 25.3. The number of nitrogens with one attached hydrogen (secondary N) is 1. The first kappa shape index (κ1) is 29.0. The molecule has 0 saturated carbocycles. The Hall–Kier alpha value is -2.26. The van der Waals surface area contributed by atoms with E-state index in [-0.39, 0.29) is 48.3 Å². The minimum Gasteiger partial charge on any atom is -0.341 e. The summed E-state index contributed by atoms with van der Waals surface area (Å²) in [6.45, 7) is 4.93. The largest absolute Gasteiger partial charge is 0.416 e. The van der Waals surface area contributed by atoms with Crippen LogP contribution in [-0.2, 0) is 23.7 Å². The lowest BCUT2D eigenvalue weighted by atomic mass is 9.77. The van der Waals surface area contributed by atoms with Gasteiger partial charge in [-0.05, 0) is 53.8 Å². The van der Waals surface area contributed by atoms with E-state index in [2.05, 4.69) is 19.2 Å². The number of rotatable bonds is 5. The summed E-state index contributed by atoms with van der Waals surface area (Å²) in [6, 6.07) is 9.28. The molecule has 1 aliphatic rings. The quantitative estimate of drug-likeness (QED) is 0.448. The Labute approximate surface area is 207 Å². The van der Waals surface area contributed by atoms with Crippen molar-refractivity contribution in [1.29, 1.82) is 0 Å². The number of hydrogen-bond donors (Lipinski definition) is 1. The Bertz CT molecular complexity index is 989. The Balaban J connectivity index is 0.00000432. The third kappa shape index (κ3) is 6.91. The lowest BCUT2D eigenvalue weighted by Crippen LogP contribution is -2.44. The van der Waals surface area contributed by atoms with Gasteiger partial charge in [0.1, 0.15) is 0 Å². The van der Waals surface area contributed by atoms with Gasteiger partial charge in [0.2, 0.25) is 5.91 Å². The summed E-state index contributed by atoms with van der Waals surface area (Å²) >= 11 is 0. The highest BCUT2D eigenvalue weighted by atomic mass is 35.5. The molecule has 0 bridgehead atoms. The lowest BCUT2D eigenvalue weighted by Gasteiger charge is -2.35. The van der Waals surface area contributed by atoms with E-state index in [1.807, 2.05) is 24.3 Å². The van der Waals surface area contributed by atoms with Gasteiger partial charge in [-0.15, -0.1) is 12.4 Å². The number of carbonyl (C=O) groups is 1. The second kappa shape index (κ2) is 11.2. The number of piperidine rings is 1. The summed E-state index contributed by atoms with van der Waals surface area (Å²) in [6.07, 6.45) is -9.34. The molecule has 2 aromatic carbocycles.